The van der Waals surface area contributed by atoms with Crippen LogP contribution in [0.15, 0.2) is 16.1 Å². The molecule has 0 aromatic heterocycles. The first kappa shape index (κ1) is 8.56. The molecular formula is C6H12N2S. The van der Waals surface area contributed by atoms with E-state index in [1.165, 1.54) is 4.91 Å². The Morgan fingerprint density at radius 3 is 2.78 bits per heavy atom. The van der Waals surface area contributed by atoms with Gasteiger partial charge in [-0.2, -0.15) is 0 Å². The molecule has 0 amide bonds. The zero-order valence-corrected chi connectivity index (χ0v) is 6.83. The van der Waals surface area contributed by atoms with Crippen LogP contribution in [0.1, 0.15) is 6.92 Å². The molecule has 0 spiro atoms. The van der Waals surface area contributed by atoms with E-state index in [-0.39, 0.29) is 0 Å². The first-order chi connectivity index (χ1) is 4.31. The van der Waals surface area contributed by atoms with Crippen LogP contribution in [0.25, 0.3) is 0 Å². The van der Waals surface area contributed by atoms with E-state index in [0.717, 1.165) is 0 Å². The van der Waals surface area contributed by atoms with Crippen molar-refractivity contribution in [2.45, 2.75) is 6.92 Å². The standard InChI is InChI=1S/C6H12N2S/c1-6(9-3)4-8-5-7-2/h4-5H,1-3H3,(H,7,8)/b6-4-. The zero-order chi connectivity index (χ0) is 7.11. The molecule has 1 N–H and O–H groups in total. The highest BCUT2D eigenvalue weighted by Crippen LogP contribution is 2.06. The maximum atomic E-state index is 3.75. The molecule has 9 heavy (non-hydrogen) atoms. The van der Waals surface area contributed by atoms with Crippen LogP contribution in [0, 0.1) is 0 Å². The van der Waals surface area contributed by atoms with Crippen LogP contribution < -0.4 is 5.32 Å². The molecular weight excluding hydrogens is 132 g/mol. The van der Waals surface area contributed by atoms with Gasteiger partial charge in [-0.05, 0) is 18.1 Å². The van der Waals surface area contributed by atoms with Crippen molar-refractivity contribution in [2.24, 2.45) is 4.99 Å². The molecule has 0 heterocycles. The minimum Gasteiger partial charge on any atom is -0.352 e. The third kappa shape index (κ3) is 5.43. The molecule has 0 rings (SSSR count). The second-order valence-corrected chi connectivity index (χ2v) is 2.57. The van der Waals surface area contributed by atoms with Crippen molar-refractivity contribution in [3.05, 3.63) is 11.1 Å². The highest BCUT2D eigenvalue weighted by Gasteiger charge is 1.78. The Labute approximate surface area is 60.4 Å². The Balaban J connectivity index is 3.43. The van der Waals surface area contributed by atoms with Gasteiger partial charge in [0, 0.05) is 13.2 Å². The van der Waals surface area contributed by atoms with Crippen molar-refractivity contribution in [3.8, 4) is 0 Å². The lowest BCUT2D eigenvalue weighted by Gasteiger charge is -1.92. The van der Waals surface area contributed by atoms with Gasteiger partial charge in [0.05, 0.1) is 6.34 Å². The average molecular weight is 144 g/mol. The number of thioether (sulfide) groups is 1. The average Bonchev–Trinajstić information content (AvgIpc) is 1.89. The predicted octanol–water partition coefficient (Wildman–Crippen LogP) is 1.46. The Morgan fingerprint density at radius 1 is 1.67 bits per heavy atom. The lowest BCUT2D eigenvalue weighted by Crippen LogP contribution is -1.99. The van der Waals surface area contributed by atoms with Crippen LogP contribution in [0.5, 0.6) is 0 Å². The van der Waals surface area contributed by atoms with E-state index >= 15 is 0 Å². The third-order valence-electron chi connectivity index (χ3n) is 0.812. The lowest BCUT2D eigenvalue weighted by molar-refractivity contribution is 1.27. The Bertz CT molecular complexity index is 118. The van der Waals surface area contributed by atoms with Crippen LogP contribution in [0.2, 0.25) is 0 Å². The molecule has 0 aromatic carbocycles. The van der Waals surface area contributed by atoms with Gasteiger partial charge in [0.1, 0.15) is 0 Å². The van der Waals surface area contributed by atoms with E-state index in [0.29, 0.717) is 0 Å². The summed E-state index contributed by atoms with van der Waals surface area (Å²) in [6, 6.07) is 0. The number of hydrogen-bond acceptors (Lipinski definition) is 2. The number of hydrogen-bond donors (Lipinski definition) is 1. The second-order valence-electron chi connectivity index (χ2n) is 1.51. The van der Waals surface area contributed by atoms with Gasteiger partial charge in [-0.15, -0.1) is 11.8 Å². The first-order valence-electron chi connectivity index (χ1n) is 2.68. The molecule has 3 heteroatoms. The Morgan fingerprint density at radius 2 is 2.33 bits per heavy atom. The Hall–Kier alpha value is -0.440. The topological polar surface area (TPSA) is 24.4 Å². The van der Waals surface area contributed by atoms with Crippen molar-refractivity contribution >= 4 is 18.1 Å². The van der Waals surface area contributed by atoms with E-state index in [1.54, 1.807) is 25.1 Å². The summed E-state index contributed by atoms with van der Waals surface area (Å²) in [7, 11) is 1.73. The molecule has 0 aliphatic rings. The van der Waals surface area contributed by atoms with Gasteiger partial charge in [0.25, 0.3) is 0 Å². The summed E-state index contributed by atoms with van der Waals surface area (Å²) >= 11 is 1.71. The van der Waals surface area contributed by atoms with Crippen molar-refractivity contribution in [1.29, 1.82) is 0 Å². The summed E-state index contributed by atoms with van der Waals surface area (Å²) in [4.78, 5) is 5.00. The van der Waals surface area contributed by atoms with Gasteiger partial charge in [-0.1, -0.05) is 0 Å². The molecule has 0 aliphatic carbocycles. The molecule has 0 radical (unpaired) electrons. The lowest BCUT2D eigenvalue weighted by atomic mass is 10.7. The quantitative estimate of drug-likeness (QED) is 0.479. The number of nitrogens with zero attached hydrogens (tertiary/aromatic N) is 1. The summed E-state index contributed by atoms with van der Waals surface area (Å²) in [6.07, 6.45) is 5.61. The van der Waals surface area contributed by atoms with E-state index in [1.807, 2.05) is 19.4 Å². The van der Waals surface area contributed by atoms with Crippen LogP contribution in [0.3, 0.4) is 0 Å². The SMILES string of the molecule is CN=CN/C=C(/C)SC. The molecule has 0 aromatic rings. The number of aliphatic imine (C=N–C) groups is 1. The normalized spacial score (nSPS) is 12.6. The molecule has 0 saturated heterocycles. The van der Waals surface area contributed by atoms with Crippen LogP contribution in [-0.2, 0) is 0 Å². The predicted molar refractivity (Wildman–Crippen MR) is 44.8 cm³/mol. The van der Waals surface area contributed by atoms with Crippen molar-refractivity contribution < 1.29 is 0 Å². The monoisotopic (exact) mass is 144 g/mol. The van der Waals surface area contributed by atoms with Gasteiger partial charge >= 0.3 is 0 Å². The number of allylic oxidation sites excluding steroid dienone is 1. The molecule has 0 saturated carbocycles. The Kier molecular flexibility index (Phi) is 5.41. The molecule has 0 bridgehead atoms. The summed E-state index contributed by atoms with van der Waals surface area (Å²) in [5.74, 6) is 0. The minimum absolute atomic E-state index is 1.25. The molecule has 2 nitrogen and oxygen atoms in total. The largest absolute Gasteiger partial charge is 0.352 e. The van der Waals surface area contributed by atoms with E-state index < -0.39 is 0 Å². The number of nitrogens with one attached hydrogen (secondary N) is 1. The molecule has 52 valence electrons. The number of rotatable bonds is 3. The second kappa shape index (κ2) is 5.69. The van der Waals surface area contributed by atoms with Gasteiger partial charge in [0.15, 0.2) is 0 Å². The summed E-state index contributed by atoms with van der Waals surface area (Å²) in [6.45, 7) is 2.04. The third-order valence-corrected chi connectivity index (χ3v) is 1.57. The minimum atomic E-state index is 1.25. The summed E-state index contributed by atoms with van der Waals surface area (Å²) < 4.78 is 0. The highest BCUT2D eigenvalue weighted by molar-refractivity contribution is 8.02. The van der Waals surface area contributed by atoms with Crippen molar-refractivity contribution in [2.75, 3.05) is 13.3 Å². The van der Waals surface area contributed by atoms with Gasteiger partial charge in [-0.25, -0.2) is 0 Å². The summed E-state index contributed by atoms with van der Waals surface area (Å²) in [5.41, 5.74) is 0. The fourth-order valence-corrected chi connectivity index (χ4v) is 0.474. The zero-order valence-electron chi connectivity index (χ0n) is 6.01. The van der Waals surface area contributed by atoms with Crippen LogP contribution in [-0.4, -0.2) is 19.6 Å². The van der Waals surface area contributed by atoms with Gasteiger partial charge in [-0.3, -0.25) is 4.99 Å². The van der Waals surface area contributed by atoms with Crippen LogP contribution in [0.4, 0.5) is 0 Å². The van der Waals surface area contributed by atoms with Crippen molar-refractivity contribution in [3.63, 3.8) is 0 Å². The molecule has 0 aliphatic heterocycles. The van der Waals surface area contributed by atoms with Gasteiger partial charge in [0.2, 0.25) is 0 Å². The maximum absolute atomic E-state index is 3.75. The highest BCUT2D eigenvalue weighted by atomic mass is 32.2. The molecule has 0 atom stereocenters. The van der Waals surface area contributed by atoms with E-state index in [2.05, 4.69) is 10.3 Å². The first-order valence-corrected chi connectivity index (χ1v) is 3.91. The van der Waals surface area contributed by atoms with E-state index in [9.17, 15) is 0 Å². The summed E-state index contributed by atoms with van der Waals surface area (Å²) in [5, 5.41) is 2.91. The van der Waals surface area contributed by atoms with E-state index in [4.69, 9.17) is 0 Å². The molecule has 0 unspecified atom stereocenters. The molecule has 0 fully saturated rings. The van der Waals surface area contributed by atoms with Crippen LogP contribution >= 0.6 is 11.8 Å². The van der Waals surface area contributed by atoms with Gasteiger partial charge < -0.3 is 5.32 Å². The fraction of sp³-hybridized carbons (Fsp3) is 0.500. The fourth-order valence-electron chi connectivity index (χ4n) is 0.288. The van der Waals surface area contributed by atoms with Crippen molar-refractivity contribution in [1.82, 2.24) is 5.32 Å². The maximum Gasteiger partial charge on any atom is 0.0860 e. The smallest absolute Gasteiger partial charge is 0.0860 e.